The fourth-order valence-corrected chi connectivity index (χ4v) is 2.37. The molecule has 19 heavy (non-hydrogen) atoms. The zero-order valence-electron chi connectivity index (χ0n) is 11.8. The number of aliphatic hydroxyl groups excluding tert-OH is 1. The fraction of sp³-hybridized carbons (Fsp3) is 0.846. The second kappa shape index (κ2) is 6.86. The molecule has 3 atom stereocenters. The van der Waals surface area contributed by atoms with Crippen molar-refractivity contribution in [2.45, 2.75) is 39.3 Å². The van der Waals surface area contributed by atoms with Crippen LogP contribution in [-0.4, -0.2) is 58.8 Å². The summed E-state index contributed by atoms with van der Waals surface area (Å²) in [6.07, 6.45) is 0.182. The lowest BCUT2D eigenvalue weighted by Crippen LogP contribution is -2.54. The molecule has 0 bridgehead atoms. The van der Waals surface area contributed by atoms with E-state index in [-0.39, 0.29) is 30.3 Å². The summed E-state index contributed by atoms with van der Waals surface area (Å²) in [6.45, 7) is 6.36. The highest BCUT2D eigenvalue weighted by molar-refractivity contribution is 5.78. The monoisotopic (exact) mass is 272 g/mol. The number of rotatable bonds is 5. The Morgan fingerprint density at radius 2 is 1.95 bits per heavy atom. The molecule has 1 aliphatic heterocycles. The van der Waals surface area contributed by atoms with Crippen molar-refractivity contribution in [2.75, 3.05) is 19.6 Å². The van der Waals surface area contributed by atoms with Crippen molar-refractivity contribution in [2.24, 2.45) is 11.8 Å². The topological polar surface area (TPSA) is 89.9 Å². The van der Waals surface area contributed by atoms with E-state index in [2.05, 4.69) is 5.32 Å². The summed E-state index contributed by atoms with van der Waals surface area (Å²) in [5.41, 5.74) is 0. The molecule has 6 heteroatoms. The Morgan fingerprint density at radius 1 is 1.32 bits per heavy atom. The molecule has 3 unspecified atom stereocenters. The van der Waals surface area contributed by atoms with Crippen molar-refractivity contribution in [3.05, 3.63) is 0 Å². The Hall–Kier alpha value is -1.14. The molecule has 0 radical (unpaired) electrons. The van der Waals surface area contributed by atoms with Crippen molar-refractivity contribution in [1.29, 1.82) is 0 Å². The van der Waals surface area contributed by atoms with Gasteiger partial charge in [0.1, 0.15) is 0 Å². The van der Waals surface area contributed by atoms with Gasteiger partial charge >= 0.3 is 5.97 Å². The Kier molecular flexibility index (Phi) is 5.75. The van der Waals surface area contributed by atoms with E-state index < -0.39 is 12.1 Å². The summed E-state index contributed by atoms with van der Waals surface area (Å²) in [5.74, 6) is -1.03. The predicted octanol–water partition coefficient (Wildman–Crippen LogP) is -0.0855. The number of piperidine rings is 1. The van der Waals surface area contributed by atoms with Gasteiger partial charge in [-0.3, -0.25) is 14.5 Å². The number of likely N-dealkylation sites (tertiary alicyclic amines) is 1. The van der Waals surface area contributed by atoms with Crippen LogP contribution in [0.5, 0.6) is 0 Å². The molecular formula is C13H24N2O4. The van der Waals surface area contributed by atoms with Crippen LogP contribution in [0.1, 0.15) is 27.2 Å². The standard InChI is InChI=1S/C13H24N2O4/c1-8(2)13(19)14-11-4-10(9(3)16)5-15(6-11)7-12(17)18/h8-11,16H,4-7H2,1-3H3,(H,14,19)(H,17,18). The highest BCUT2D eigenvalue weighted by atomic mass is 16.4. The minimum Gasteiger partial charge on any atom is -0.480 e. The molecule has 1 aliphatic rings. The van der Waals surface area contributed by atoms with Gasteiger partial charge in [0.05, 0.1) is 12.6 Å². The Labute approximate surface area is 113 Å². The van der Waals surface area contributed by atoms with E-state index in [1.54, 1.807) is 11.8 Å². The zero-order chi connectivity index (χ0) is 14.6. The number of carbonyl (C=O) groups excluding carboxylic acids is 1. The van der Waals surface area contributed by atoms with Crippen LogP contribution in [0.15, 0.2) is 0 Å². The van der Waals surface area contributed by atoms with Crippen LogP contribution in [0.4, 0.5) is 0 Å². The number of aliphatic hydroxyl groups is 1. The smallest absolute Gasteiger partial charge is 0.317 e. The average molecular weight is 272 g/mol. The minimum absolute atomic E-state index is 0.00874. The van der Waals surface area contributed by atoms with Crippen LogP contribution in [0, 0.1) is 11.8 Å². The van der Waals surface area contributed by atoms with Gasteiger partial charge in [-0.15, -0.1) is 0 Å². The molecule has 0 aromatic rings. The van der Waals surface area contributed by atoms with E-state index in [4.69, 9.17) is 5.11 Å². The van der Waals surface area contributed by atoms with Crippen molar-refractivity contribution in [1.82, 2.24) is 10.2 Å². The quantitative estimate of drug-likeness (QED) is 0.651. The molecule has 1 amide bonds. The summed E-state index contributed by atoms with van der Waals surface area (Å²) in [6, 6.07) is -0.0948. The van der Waals surface area contributed by atoms with Gasteiger partial charge in [-0.25, -0.2) is 0 Å². The Bertz CT molecular complexity index is 331. The molecule has 1 heterocycles. The van der Waals surface area contributed by atoms with Gasteiger partial charge in [0, 0.05) is 25.0 Å². The lowest BCUT2D eigenvalue weighted by atomic mass is 9.90. The largest absolute Gasteiger partial charge is 0.480 e. The van der Waals surface area contributed by atoms with Crippen LogP contribution in [-0.2, 0) is 9.59 Å². The molecule has 110 valence electrons. The van der Waals surface area contributed by atoms with E-state index in [9.17, 15) is 14.7 Å². The lowest BCUT2D eigenvalue weighted by molar-refractivity contribution is -0.139. The summed E-state index contributed by atoms with van der Waals surface area (Å²) in [7, 11) is 0. The molecule has 0 aromatic carbocycles. The van der Waals surface area contributed by atoms with Crippen molar-refractivity contribution in [3.63, 3.8) is 0 Å². The van der Waals surface area contributed by atoms with E-state index in [0.29, 0.717) is 19.5 Å². The zero-order valence-corrected chi connectivity index (χ0v) is 11.8. The Morgan fingerprint density at radius 3 is 2.42 bits per heavy atom. The third-order valence-corrected chi connectivity index (χ3v) is 3.47. The molecule has 1 saturated heterocycles. The second-order valence-corrected chi connectivity index (χ2v) is 5.68. The van der Waals surface area contributed by atoms with Crippen LogP contribution in [0.3, 0.4) is 0 Å². The maximum absolute atomic E-state index is 11.7. The fourth-order valence-electron chi connectivity index (χ4n) is 2.37. The number of amides is 1. The number of hydrogen-bond donors (Lipinski definition) is 3. The van der Waals surface area contributed by atoms with Gasteiger partial charge in [0.2, 0.25) is 5.91 Å². The first-order valence-electron chi connectivity index (χ1n) is 6.72. The number of carboxylic acid groups (broad SMARTS) is 1. The third kappa shape index (κ3) is 5.16. The van der Waals surface area contributed by atoms with E-state index in [0.717, 1.165) is 0 Å². The van der Waals surface area contributed by atoms with Gasteiger partial charge in [0.15, 0.2) is 0 Å². The minimum atomic E-state index is -0.889. The van der Waals surface area contributed by atoms with Gasteiger partial charge in [-0.2, -0.15) is 0 Å². The molecular weight excluding hydrogens is 248 g/mol. The number of carboxylic acids is 1. The first kappa shape index (κ1) is 15.9. The molecule has 0 aromatic heterocycles. The summed E-state index contributed by atoms with van der Waals surface area (Å²) in [4.78, 5) is 24.3. The van der Waals surface area contributed by atoms with E-state index >= 15 is 0 Å². The van der Waals surface area contributed by atoms with Gasteiger partial charge in [-0.1, -0.05) is 13.8 Å². The maximum atomic E-state index is 11.7. The Balaban J connectivity index is 2.64. The van der Waals surface area contributed by atoms with E-state index in [1.165, 1.54) is 0 Å². The molecule has 1 rings (SSSR count). The highest BCUT2D eigenvalue weighted by Crippen LogP contribution is 2.20. The maximum Gasteiger partial charge on any atom is 0.317 e. The number of nitrogens with one attached hydrogen (secondary N) is 1. The lowest BCUT2D eigenvalue weighted by Gasteiger charge is -2.38. The molecule has 1 fully saturated rings. The number of aliphatic carboxylic acids is 1. The number of nitrogens with zero attached hydrogens (tertiary/aromatic N) is 1. The van der Waals surface area contributed by atoms with Crippen LogP contribution in [0.2, 0.25) is 0 Å². The van der Waals surface area contributed by atoms with Crippen molar-refractivity contribution >= 4 is 11.9 Å². The average Bonchev–Trinajstić information content (AvgIpc) is 2.27. The van der Waals surface area contributed by atoms with Crippen molar-refractivity contribution in [3.8, 4) is 0 Å². The number of carbonyl (C=O) groups is 2. The van der Waals surface area contributed by atoms with Crippen LogP contribution < -0.4 is 5.32 Å². The molecule has 0 aliphatic carbocycles. The molecule has 0 spiro atoms. The molecule has 0 saturated carbocycles. The van der Waals surface area contributed by atoms with E-state index in [1.807, 2.05) is 13.8 Å². The van der Waals surface area contributed by atoms with Gasteiger partial charge < -0.3 is 15.5 Å². The van der Waals surface area contributed by atoms with Crippen LogP contribution in [0.25, 0.3) is 0 Å². The van der Waals surface area contributed by atoms with Crippen LogP contribution >= 0.6 is 0 Å². The summed E-state index contributed by atoms with van der Waals surface area (Å²) >= 11 is 0. The first-order chi connectivity index (χ1) is 8.79. The highest BCUT2D eigenvalue weighted by Gasteiger charge is 2.31. The normalized spacial score (nSPS) is 26.2. The van der Waals surface area contributed by atoms with Gasteiger partial charge in [-0.05, 0) is 19.3 Å². The molecule has 6 nitrogen and oxygen atoms in total. The predicted molar refractivity (Wildman–Crippen MR) is 70.6 cm³/mol. The summed E-state index contributed by atoms with van der Waals surface area (Å²) < 4.78 is 0. The third-order valence-electron chi connectivity index (χ3n) is 3.47. The summed E-state index contributed by atoms with van der Waals surface area (Å²) in [5, 5.41) is 21.5. The number of hydrogen-bond acceptors (Lipinski definition) is 4. The SMILES string of the molecule is CC(C)C(=O)NC1CC(C(C)O)CN(CC(=O)O)C1. The first-order valence-corrected chi connectivity index (χ1v) is 6.72. The van der Waals surface area contributed by atoms with Crippen molar-refractivity contribution < 1.29 is 19.8 Å². The second-order valence-electron chi connectivity index (χ2n) is 5.68. The molecule has 3 N–H and O–H groups in total. The van der Waals surface area contributed by atoms with Gasteiger partial charge in [0.25, 0.3) is 0 Å².